The molecule has 1 nitrogen and oxygen atoms in total. The van der Waals surface area contributed by atoms with Gasteiger partial charge in [0.15, 0.2) is 0 Å². The summed E-state index contributed by atoms with van der Waals surface area (Å²) in [6, 6.07) is 26.4. The molecule has 0 saturated heterocycles. The van der Waals surface area contributed by atoms with E-state index in [1.54, 1.807) is 11.1 Å². The lowest BCUT2D eigenvalue weighted by atomic mass is 9.77. The van der Waals surface area contributed by atoms with Gasteiger partial charge in [0, 0.05) is 16.8 Å². The Morgan fingerprint density at radius 3 is 2.17 bits per heavy atom. The molecule has 0 atom stereocenters. The molecular formula is C23H21N. The van der Waals surface area contributed by atoms with Crippen LogP contribution in [0, 0.1) is 0 Å². The SMILES string of the molecule is c1ccc(Nc2ccc3c(c2)-c2ccccc2C32CCCC2)cc1. The fourth-order valence-electron chi connectivity index (χ4n) is 4.75. The van der Waals surface area contributed by atoms with Gasteiger partial charge in [-0.15, -0.1) is 0 Å². The van der Waals surface area contributed by atoms with Crippen molar-refractivity contribution in [3.8, 4) is 11.1 Å². The second-order valence-electron chi connectivity index (χ2n) is 7.09. The molecule has 0 unspecified atom stereocenters. The van der Waals surface area contributed by atoms with E-state index in [2.05, 4.69) is 72.0 Å². The zero-order valence-corrected chi connectivity index (χ0v) is 13.8. The Kier molecular flexibility index (Phi) is 3.02. The van der Waals surface area contributed by atoms with Crippen molar-refractivity contribution in [3.05, 3.63) is 83.9 Å². The van der Waals surface area contributed by atoms with Crippen LogP contribution in [0.25, 0.3) is 11.1 Å². The zero-order valence-electron chi connectivity index (χ0n) is 13.8. The Bertz CT molecular complexity index is 889. The van der Waals surface area contributed by atoms with Gasteiger partial charge in [-0.3, -0.25) is 0 Å². The standard InChI is InChI=1S/C23H21N/c1-2-8-17(9-3-1)24-18-12-13-22-20(16-18)19-10-4-5-11-21(19)23(22)14-6-7-15-23/h1-5,8-13,16,24H,6-7,14-15H2. The molecule has 0 aliphatic heterocycles. The van der Waals surface area contributed by atoms with Gasteiger partial charge in [0.05, 0.1) is 0 Å². The molecule has 0 bridgehead atoms. The molecule has 1 saturated carbocycles. The first-order chi connectivity index (χ1) is 11.9. The topological polar surface area (TPSA) is 12.0 Å². The minimum Gasteiger partial charge on any atom is -0.356 e. The summed E-state index contributed by atoms with van der Waals surface area (Å²) in [5.74, 6) is 0. The van der Waals surface area contributed by atoms with Gasteiger partial charge in [0.2, 0.25) is 0 Å². The summed E-state index contributed by atoms with van der Waals surface area (Å²) in [6.07, 6.45) is 5.28. The number of para-hydroxylation sites is 1. The maximum Gasteiger partial charge on any atom is 0.0390 e. The molecule has 118 valence electrons. The van der Waals surface area contributed by atoms with E-state index in [-0.39, 0.29) is 5.41 Å². The predicted molar refractivity (Wildman–Crippen MR) is 101 cm³/mol. The van der Waals surface area contributed by atoms with Crippen LogP contribution in [0.5, 0.6) is 0 Å². The molecule has 5 rings (SSSR count). The quantitative estimate of drug-likeness (QED) is 0.588. The van der Waals surface area contributed by atoms with Crippen molar-refractivity contribution < 1.29 is 0 Å². The highest BCUT2D eigenvalue weighted by Gasteiger charge is 2.44. The number of rotatable bonds is 2. The highest BCUT2D eigenvalue weighted by atomic mass is 14.9. The number of hydrogen-bond acceptors (Lipinski definition) is 1. The third-order valence-corrected chi connectivity index (χ3v) is 5.79. The molecule has 2 aliphatic rings. The summed E-state index contributed by atoms with van der Waals surface area (Å²) in [6.45, 7) is 0. The van der Waals surface area contributed by atoms with Crippen LogP contribution in [-0.2, 0) is 5.41 Å². The maximum absolute atomic E-state index is 3.54. The van der Waals surface area contributed by atoms with Crippen LogP contribution in [0.2, 0.25) is 0 Å². The Balaban J connectivity index is 1.63. The molecule has 2 aliphatic carbocycles. The van der Waals surface area contributed by atoms with Gasteiger partial charge in [-0.2, -0.15) is 0 Å². The van der Waals surface area contributed by atoms with Crippen LogP contribution in [-0.4, -0.2) is 0 Å². The Morgan fingerprint density at radius 2 is 1.33 bits per heavy atom. The van der Waals surface area contributed by atoms with E-state index >= 15 is 0 Å². The number of fused-ring (bicyclic) bond motifs is 5. The zero-order chi connectivity index (χ0) is 16.0. The lowest BCUT2D eigenvalue weighted by Gasteiger charge is -2.26. The summed E-state index contributed by atoms with van der Waals surface area (Å²) in [4.78, 5) is 0. The van der Waals surface area contributed by atoms with Crippen molar-refractivity contribution in [1.82, 2.24) is 0 Å². The summed E-state index contributed by atoms with van der Waals surface area (Å²) < 4.78 is 0. The molecule has 0 amide bonds. The van der Waals surface area contributed by atoms with Gasteiger partial charge >= 0.3 is 0 Å². The molecule has 24 heavy (non-hydrogen) atoms. The summed E-state index contributed by atoms with van der Waals surface area (Å²) in [5, 5.41) is 3.54. The van der Waals surface area contributed by atoms with E-state index in [4.69, 9.17) is 0 Å². The third kappa shape index (κ3) is 1.94. The number of hydrogen-bond donors (Lipinski definition) is 1. The molecule has 0 aromatic heterocycles. The lowest BCUT2D eigenvalue weighted by Crippen LogP contribution is -2.20. The molecule has 1 spiro atoms. The van der Waals surface area contributed by atoms with Crippen molar-refractivity contribution >= 4 is 11.4 Å². The average Bonchev–Trinajstić information content (AvgIpc) is 3.22. The van der Waals surface area contributed by atoms with E-state index in [9.17, 15) is 0 Å². The molecule has 1 fully saturated rings. The minimum atomic E-state index is 0.275. The van der Waals surface area contributed by atoms with Gasteiger partial charge in [-0.05, 0) is 59.4 Å². The molecule has 0 heterocycles. The highest BCUT2D eigenvalue weighted by Crippen LogP contribution is 2.57. The van der Waals surface area contributed by atoms with Crippen molar-refractivity contribution in [2.24, 2.45) is 0 Å². The molecular weight excluding hydrogens is 290 g/mol. The molecule has 3 aromatic carbocycles. The van der Waals surface area contributed by atoms with E-state index in [0.29, 0.717) is 0 Å². The van der Waals surface area contributed by atoms with Crippen molar-refractivity contribution in [1.29, 1.82) is 0 Å². The van der Waals surface area contributed by atoms with Gasteiger partial charge < -0.3 is 5.32 Å². The first-order valence-corrected chi connectivity index (χ1v) is 8.93. The van der Waals surface area contributed by atoms with Crippen molar-refractivity contribution in [2.45, 2.75) is 31.1 Å². The summed E-state index contributed by atoms with van der Waals surface area (Å²) >= 11 is 0. The van der Waals surface area contributed by atoms with E-state index in [0.717, 1.165) is 5.69 Å². The highest BCUT2D eigenvalue weighted by molar-refractivity contribution is 5.84. The smallest absolute Gasteiger partial charge is 0.0390 e. The monoisotopic (exact) mass is 311 g/mol. The number of anilines is 2. The molecule has 0 radical (unpaired) electrons. The van der Waals surface area contributed by atoms with Crippen LogP contribution >= 0.6 is 0 Å². The molecule has 3 aromatic rings. The van der Waals surface area contributed by atoms with Crippen LogP contribution in [0.4, 0.5) is 11.4 Å². The van der Waals surface area contributed by atoms with Gasteiger partial charge in [0.25, 0.3) is 0 Å². The summed E-state index contributed by atoms with van der Waals surface area (Å²) in [5.41, 5.74) is 8.54. The minimum absolute atomic E-state index is 0.275. The maximum atomic E-state index is 3.54. The van der Waals surface area contributed by atoms with E-state index in [1.807, 2.05) is 6.07 Å². The fourth-order valence-corrected chi connectivity index (χ4v) is 4.75. The van der Waals surface area contributed by atoms with Gasteiger partial charge in [0.1, 0.15) is 0 Å². The van der Waals surface area contributed by atoms with Crippen LogP contribution in [0.3, 0.4) is 0 Å². The van der Waals surface area contributed by atoms with E-state index < -0.39 is 0 Å². The van der Waals surface area contributed by atoms with Crippen LogP contribution in [0.15, 0.2) is 72.8 Å². The predicted octanol–water partition coefficient (Wildman–Crippen LogP) is 6.27. The first-order valence-electron chi connectivity index (χ1n) is 8.93. The van der Waals surface area contributed by atoms with Crippen LogP contribution < -0.4 is 5.32 Å². The lowest BCUT2D eigenvalue weighted by molar-refractivity contribution is 0.550. The van der Waals surface area contributed by atoms with Crippen molar-refractivity contribution in [3.63, 3.8) is 0 Å². The fraction of sp³-hybridized carbons (Fsp3) is 0.217. The van der Waals surface area contributed by atoms with Crippen molar-refractivity contribution in [2.75, 3.05) is 5.32 Å². The number of nitrogens with one attached hydrogen (secondary N) is 1. The average molecular weight is 311 g/mol. The number of benzene rings is 3. The summed E-state index contributed by atoms with van der Waals surface area (Å²) in [7, 11) is 0. The Labute approximate surface area is 143 Å². The second-order valence-corrected chi connectivity index (χ2v) is 7.09. The van der Waals surface area contributed by atoms with Gasteiger partial charge in [-0.25, -0.2) is 0 Å². The van der Waals surface area contributed by atoms with Gasteiger partial charge in [-0.1, -0.05) is 61.4 Å². The first kappa shape index (κ1) is 13.9. The largest absolute Gasteiger partial charge is 0.356 e. The second kappa shape index (κ2) is 5.24. The molecule has 1 heteroatoms. The Hall–Kier alpha value is -2.54. The normalized spacial score (nSPS) is 16.8. The molecule has 1 N–H and O–H groups in total. The third-order valence-electron chi connectivity index (χ3n) is 5.79. The van der Waals surface area contributed by atoms with Crippen LogP contribution in [0.1, 0.15) is 36.8 Å². The Morgan fingerprint density at radius 1 is 0.625 bits per heavy atom. The van der Waals surface area contributed by atoms with E-state index in [1.165, 1.54) is 42.5 Å².